The molecule has 0 spiro atoms. The van der Waals surface area contributed by atoms with Crippen molar-refractivity contribution in [2.45, 2.75) is 0 Å². The number of hydrogen-bond donors (Lipinski definition) is 1. The Hall–Kier alpha value is -2.43. The molecule has 2 aromatic rings. The Balaban J connectivity index is 2.35. The maximum absolute atomic E-state index is 10.8. The van der Waals surface area contributed by atoms with Crippen molar-refractivity contribution in [3.63, 3.8) is 0 Å². The first kappa shape index (κ1) is 12.0. The second kappa shape index (κ2) is 4.83. The van der Waals surface area contributed by atoms with Crippen LogP contribution in [0, 0.1) is 0 Å². The number of anilines is 2. The fourth-order valence-electron chi connectivity index (χ4n) is 1.65. The summed E-state index contributed by atoms with van der Waals surface area (Å²) in [4.78, 5) is 12.5. The van der Waals surface area contributed by atoms with Gasteiger partial charge in [-0.3, -0.25) is 0 Å². The molecule has 0 saturated heterocycles. The molecular weight excluding hydrogens is 234 g/mol. The van der Waals surface area contributed by atoms with Crippen molar-refractivity contribution in [1.82, 2.24) is 0 Å². The minimum absolute atomic E-state index is 0.0910. The van der Waals surface area contributed by atoms with Crippen LogP contribution in [-0.4, -0.2) is 25.2 Å². The molecule has 1 heterocycles. The molecule has 0 bridgehead atoms. The topological polar surface area (TPSA) is 62.9 Å². The van der Waals surface area contributed by atoms with Crippen molar-refractivity contribution in [3.05, 3.63) is 42.2 Å². The van der Waals surface area contributed by atoms with E-state index >= 15 is 0 Å². The van der Waals surface area contributed by atoms with Gasteiger partial charge < -0.3 is 19.2 Å². The molecule has 0 aliphatic carbocycles. The summed E-state index contributed by atoms with van der Waals surface area (Å²) in [5.74, 6) is -0.0494. The van der Waals surface area contributed by atoms with Gasteiger partial charge in [-0.2, -0.15) is 0 Å². The number of carboxylic acid groups (broad SMARTS) is 1. The Morgan fingerprint density at radius 2 is 2.00 bits per heavy atom. The van der Waals surface area contributed by atoms with E-state index in [1.165, 1.54) is 6.07 Å². The van der Waals surface area contributed by atoms with Gasteiger partial charge in [0.1, 0.15) is 5.75 Å². The average Bonchev–Trinajstić information content (AvgIpc) is 2.87. The van der Waals surface area contributed by atoms with Gasteiger partial charge in [-0.15, -0.1) is 0 Å². The molecular formula is C13H13NO4. The number of para-hydroxylation sites is 2. The normalized spacial score (nSPS) is 10.1. The first-order valence-corrected chi connectivity index (χ1v) is 5.33. The predicted molar refractivity (Wildman–Crippen MR) is 66.7 cm³/mol. The Morgan fingerprint density at radius 1 is 1.28 bits per heavy atom. The minimum atomic E-state index is -1.09. The van der Waals surface area contributed by atoms with Crippen LogP contribution in [0.1, 0.15) is 10.6 Å². The van der Waals surface area contributed by atoms with Crippen LogP contribution in [0.3, 0.4) is 0 Å². The summed E-state index contributed by atoms with van der Waals surface area (Å²) in [5.41, 5.74) is 0.797. The number of nitrogens with zero attached hydrogens (tertiary/aromatic N) is 1. The van der Waals surface area contributed by atoms with Crippen molar-refractivity contribution in [3.8, 4) is 5.75 Å². The Kier molecular flexibility index (Phi) is 3.23. The Morgan fingerprint density at radius 3 is 2.61 bits per heavy atom. The lowest BCUT2D eigenvalue weighted by molar-refractivity contribution is 0.0663. The molecule has 94 valence electrons. The largest absolute Gasteiger partial charge is 0.495 e. The zero-order valence-electron chi connectivity index (χ0n) is 10.1. The maximum Gasteiger partial charge on any atom is 0.371 e. The summed E-state index contributed by atoms with van der Waals surface area (Å²) in [6, 6.07) is 10.4. The minimum Gasteiger partial charge on any atom is -0.495 e. The van der Waals surface area contributed by atoms with E-state index in [-0.39, 0.29) is 5.76 Å². The lowest BCUT2D eigenvalue weighted by atomic mass is 10.2. The van der Waals surface area contributed by atoms with E-state index in [0.29, 0.717) is 11.6 Å². The predicted octanol–water partition coefficient (Wildman–Crippen LogP) is 2.75. The fraction of sp³-hybridized carbons (Fsp3) is 0.154. The van der Waals surface area contributed by atoms with Crippen molar-refractivity contribution in [2.75, 3.05) is 19.1 Å². The standard InChI is InChI=1S/C13H13NO4/c1-14(9-5-3-4-6-10(9)17-2)12-8-7-11(18-12)13(15)16/h3-8H,1-2H3,(H,15,16). The van der Waals surface area contributed by atoms with Crippen LogP contribution in [0.4, 0.5) is 11.6 Å². The number of ether oxygens (including phenoxy) is 1. The second-order valence-corrected chi connectivity index (χ2v) is 3.67. The van der Waals surface area contributed by atoms with Gasteiger partial charge in [-0.25, -0.2) is 4.79 Å². The van der Waals surface area contributed by atoms with Crippen LogP contribution in [0.2, 0.25) is 0 Å². The number of methoxy groups -OCH3 is 1. The summed E-state index contributed by atoms with van der Waals surface area (Å²) < 4.78 is 10.5. The molecule has 0 fully saturated rings. The van der Waals surface area contributed by atoms with Gasteiger partial charge in [-0.1, -0.05) is 12.1 Å². The van der Waals surface area contributed by atoms with Crippen molar-refractivity contribution < 1.29 is 19.1 Å². The number of furan rings is 1. The molecule has 5 nitrogen and oxygen atoms in total. The van der Waals surface area contributed by atoms with Crippen LogP contribution >= 0.6 is 0 Å². The molecule has 1 N–H and O–H groups in total. The number of hydrogen-bond acceptors (Lipinski definition) is 4. The van der Waals surface area contributed by atoms with Crippen LogP contribution in [-0.2, 0) is 0 Å². The third-order valence-electron chi connectivity index (χ3n) is 2.58. The molecule has 0 amide bonds. The van der Waals surface area contributed by atoms with Gasteiger partial charge in [0.05, 0.1) is 12.8 Å². The SMILES string of the molecule is COc1ccccc1N(C)c1ccc(C(=O)O)o1. The van der Waals surface area contributed by atoms with E-state index in [2.05, 4.69) is 0 Å². The smallest absolute Gasteiger partial charge is 0.371 e. The van der Waals surface area contributed by atoms with E-state index in [1.807, 2.05) is 24.3 Å². The lowest BCUT2D eigenvalue weighted by Gasteiger charge is -2.18. The highest BCUT2D eigenvalue weighted by molar-refractivity contribution is 5.85. The summed E-state index contributed by atoms with van der Waals surface area (Å²) in [6.45, 7) is 0. The number of carboxylic acids is 1. The first-order chi connectivity index (χ1) is 8.63. The molecule has 18 heavy (non-hydrogen) atoms. The van der Waals surface area contributed by atoms with Crippen molar-refractivity contribution in [2.24, 2.45) is 0 Å². The zero-order chi connectivity index (χ0) is 13.1. The van der Waals surface area contributed by atoms with Crippen LogP contribution in [0.25, 0.3) is 0 Å². The van der Waals surface area contributed by atoms with Gasteiger partial charge in [-0.05, 0) is 18.2 Å². The van der Waals surface area contributed by atoms with E-state index in [9.17, 15) is 4.79 Å². The summed E-state index contributed by atoms with van der Waals surface area (Å²) in [6.07, 6.45) is 0. The summed E-state index contributed by atoms with van der Waals surface area (Å²) >= 11 is 0. The van der Waals surface area contributed by atoms with Gasteiger partial charge in [0.2, 0.25) is 11.6 Å². The molecule has 0 radical (unpaired) electrons. The number of benzene rings is 1. The highest BCUT2D eigenvalue weighted by Gasteiger charge is 2.15. The third-order valence-corrected chi connectivity index (χ3v) is 2.58. The van der Waals surface area contributed by atoms with Gasteiger partial charge >= 0.3 is 5.97 Å². The molecule has 5 heteroatoms. The van der Waals surface area contributed by atoms with E-state index in [0.717, 1.165) is 5.69 Å². The van der Waals surface area contributed by atoms with Crippen LogP contribution in [0.5, 0.6) is 5.75 Å². The quantitative estimate of drug-likeness (QED) is 0.900. The molecule has 0 saturated carbocycles. The average molecular weight is 247 g/mol. The second-order valence-electron chi connectivity index (χ2n) is 3.67. The van der Waals surface area contributed by atoms with Crippen LogP contribution in [0.15, 0.2) is 40.8 Å². The molecule has 0 atom stereocenters. The monoisotopic (exact) mass is 247 g/mol. The van der Waals surface area contributed by atoms with E-state index in [1.54, 1.807) is 25.1 Å². The van der Waals surface area contributed by atoms with E-state index in [4.69, 9.17) is 14.3 Å². The van der Waals surface area contributed by atoms with Gasteiger partial charge in [0.15, 0.2) is 0 Å². The molecule has 1 aromatic carbocycles. The number of aromatic carboxylic acids is 1. The Labute approximate surface area is 104 Å². The molecule has 1 aromatic heterocycles. The number of carbonyl (C=O) groups is 1. The van der Waals surface area contributed by atoms with E-state index < -0.39 is 5.97 Å². The number of rotatable bonds is 4. The lowest BCUT2D eigenvalue weighted by Crippen LogP contribution is -2.09. The molecule has 0 aliphatic rings. The zero-order valence-corrected chi connectivity index (χ0v) is 10.1. The Bertz CT molecular complexity index is 562. The molecule has 2 rings (SSSR count). The van der Waals surface area contributed by atoms with Gasteiger partial charge in [0.25, 0.3) is 0 Å². The van der Waals surface area contributed by atoms with Gasteiger partial charge in [0, 0.05) is 13.1 Å². The summed E-state index contributed by atoms with van der Waals surface area (Å²) in [7, 11) is 3.36. The highest BCUT2D eigenvalue weighted by Crippen LogP contribution is 2.32. The fourth-order valence-corrected chi connectivity index (χ4v) is 1.65. The summed E-state index contributed by atoms with van der Waals surface area (Å²) in [5, 5.41) is 8.81. The van der Waals surface area contributed by atoms with Crippen molar-refractivity contribution in [1.29, 1.82) is 0 Å². The highest BCUT2D eigenvalue weighted by atomic mass is 16.5. The van der Waals surface area contributed by atoms with Crippen LogP contribution < -0.4 is 9.64 Å². The maximum atomic E-state index is 10.8. The molecule has 0 aliphatic heterocycles. The first-order valence-electron chi connectivity index (χ1n) is 5.33. The van der Waals surface area contributed by atoms with Crippen molar-refractivity contribution >= 4 is 17.5 Å². The third kappa shape index (κ3) is 2.15. The molecule has 0 unspecified atom stereocenters.